The van der Waals surface area contributed by atoms with Crippen molar-refractivity contribution in [2.75, 3.05) is 5.32 Å². The molecule has 3 heterocycles. The minimum absolute atomic E-state index is 0.281. The second-order valence-electron chi connectivity index (χ2n) is 3.83. The zero-order valence-electron chi connectivity index (χ0n) is 9.61. The first-order valence-electron chi connectivity index (χ1n) is 5.47. The fraction of sp³-hybridized carbons (Fsp3) is 0. The number of anilines is 1. The maximum Gasteiger partial charge on any atom is 0.273 e. The summed E-state index contributed by atoms with van der Waals surface area (Å²) in [5, 5.41) is 12.1. The summed E-state index contributed by atoms with van der Waals surface area (Å²) in [6.07, 6.45) is 1.55. The quantitative estimate of drug-likeness (QED) is 0.692. The lowest BCUT2D eigenvalue weighted by molar-refractivity contribution is 0.102. The number of thiophene rings is 1. The molecule has 0 aliphatic rings. The molecule has 5 nitrogen and oxygen atoms in total. The van der Waals surface area contributed by atoms with Gasteiger partial charge in [-0.1, -0.05) is 17.7 Å². The van der Waals surface area contributed by atoms with E-state index in [1.54, 1.807) is 29.7 Å². The van der Waals surface area contributed by atoms with Crippen LogP contribution >= 0.6 is 22.9 Å². The van der Waals surface area contributed by atoms with Crippen molar-refractivity contribution in [2.45, 2.75) is 0 Å². The third kappa shape index (κ3) is 2.54. The van der Waals surface area contributed by atoms with Gasteiger partial charge < -0.3 is 10.3 Å². The maximum absolute atomic E-state index is 11.9. The van der Waals surface area contributed by atoms with Gasteiger partial charge >= 0.3 is 0 Å². The topological polar surface area (TPSA) is 73.6 Å². The Morgan fingerprint density at radius 1 is 1.42 bits per heavy atom. The number of H-pyrrole nitrogens is 2. The summed E-state index contributed by atoms with van der Waals surface area (Å²) in [4.78, 5) is 15.7. The van der Waals surface area contributed by atoms with Gasteiger partial charge in [0, 0.05) is 12.3 Å². The van der Waals surface area contributed by atoms with Gasteiger partial charge in [0.05, 0.1) is 15.6 Å². The molecule has 0 saturated carbocycles. The Balaban J connectivity index is 1.76. The first-order valence-corrected chi connectivity index (χ1v) is 6.73. The largest absolute Gasteiger partial charge is 0.356 e. The maximum atomic E-state index is 11.9. The minimum atomic E-state index is -0.281. The Morgan fingerprint density at radius 2 is 2.32 bits per heavy atom. The lowest BCUT2D eigenvalue weighted by atomic mass is 10.3. The standard InChI is InChI=1S/C12H9ClN4OS/c13-7-4-9(14-6-7)12(18)15-11-5-8(16-17-11)10-2-1-3-19-10/h1-6,14H,(H2,15,16,17,18). The molecule has 3 aromatic rings. The summed E-state index contributed by atoms with van der Waals surface area (Å²) in [6.45, 7) is 0. The average Bonchev–Trinajstić information content (AvgIpc) is 3.07. The molecule has 3 N–H and O–H groups in total. The summed E-state index contributed by atoms with van der Waals surface area (Å²) in [6, 6.07) is 7.28. The molecule has 96 valence electrons. The van der Waals surface area contributed by atoms with Crippen molar-refractivity contribution in [3.63, 3.8) is 0 Å². The van der Waals surface area contributed by atoms with E-state index < -0.39 is 0 Å². The molecule has 7 heteroatoms. The van der Waals surface area contributed by atoms with Crippen molar-refractivity contribution < 1.29 is 4.79 Å². The Labute approximate surface area is 117 Å². The van der Waals surface area contributed by atoms with E-state index in [0.29, 0.717) is 16.5 Å². The van der Waals surface area contributed by atoms with E-state index in [1.165, 1.54) is 0 Å². The van der Waals surface area contributed by atoms with Gasteiger partial charge in [0.2, 0.25) is 0 Å². The van der Waals surface area contributed by atoms with Crippen LogP contribution in [0.2, 0.25) is 5.02 Å². The third-order valence-electron chi connectivity index (χ3n) is 2.50. The number of rotatable bonds is 3. The van der Waals surface area contributed by atoms with Crippen LogP contribution in [0.5, 0.6) is 0 Å². The van der Waals surface area contributed by atoms with E-state index in [-0.39, 0.29) is 5.91 Å². The predicted octanol–water partition coefficient (Wildman–Crippen LogP) is 3.37. The Bertz CT molecular complexity index is 701. The molecule has 0 fully saturated rings. The van der Waals surface area contributed by atoms with Crippen LogP contribution in [0.25, 0.3) is 10.6 Å². The number of hydrogen-bond acceptors (Lipinski definition) is 3. The van der Waals surface area contributed by atoms with Crippen molar-refractivity contribution in [3.05, 3.63) is 46.6 Å². The molecule has 19 heavy (non-hydrogen) atoms. The van der Waals surface area contributed by atoms with Crippen molar-refractivity contribution in [3.8, 4) is 10.6 Å². The fourth-order valence-electron chi connectivity index (χ4n) is 1.63. The number of nitrogens with one attached hydrogen (secondary N) is 3. The highest BCUT2D eigenvalue weighted by atomic mass is 35.5. The number of hydrogen-bond donors (Lipinski definition) is 3. The van der Waals surface area contributed by atoms with Crippen molar-refractivity contribution in [1.29, 1.82) is 0 Å². The molecule has 0 saturated heterocycles. The molecular weight excluding hydrogens is 284 g/mol. The summed E-state index contributed by atoms with van der Waals surface area (Å²) < 4.78 is 0. The monoisotopic (exact) mass is 292 g/mol. The van der Waals surface area contributed by atoms with Gasteiger partial charge in [-0.2, -0.15) is 5.10 Å². The average molecular weight is 293 g/mol. The number of nitrogens with zero attached hydrogens (tertiary/aromatic N) is 1. The summed E-state index contributed by atoms with van der Waals surface area (Å²) in [7, 11) is 0. The Kier molecular flexibility index (Phi) is 3.10. The number of carbonyl (C=O) groups is 1. The SMILES string of the molecule is O=C(Nc1cc(-c2cccs2)[nH]n1)c1cc(Cl)c[nH]1. The van der Waals surface area contributed by atoms with Gasteiger partial charge in [-0.15, -0.1) is 11.3 Å². The number of amides is 1. The van der Waals surface area contributed by atoms with Crippen LogP contribution in [0.1, 0.15) is 10.5 Å². The van der Waals surface area contributed by atoms with Crippen molar-refractivity contribution in [1.82, 2.24) is 15.2 Å². The smallest absolute Gasteiger partial charge is 0.273 e. The molecule has 0 bridgehead atoms. The number of carbonyl (C=O) groups excluding carboxylic acids is 1. The fourth-order valence-corrected chi connectivity index (χ4v) is 2.48. The Hall–Kier alpha value is -2.05. The highest BCUT2D eigenvalue weighted by molar-refractivity contribution is 7.13. The Morgan fingerprint density at radius 3 is 3.00 bits per heavy atom. The summed E-state index contributed by atoms with van der Waals surface area (Å²) in [5.74, 6) is 0.190. The van der Waals surface area contributed by atoms with E-state index in [2.05, 4.69) is 20.5 Å². The van der Waals surface area contributed by atoms with Crippen LogP contribution in [0, 0.1) is 0 Å². The molecule has 3 rings (SSSR count). The summed E-state index contributed by atoms with van der Waals surface area (Å²) >= 11 is 7.35. The summed E-state index contributed by atoms with van der Waals surface area (Å²) in [5.41, 5.74) is 1.26. The van der Waals surface area contributed by atoms with Crippen LogP contribution < -0.4 is 5.32 Å². The van der Waals surface area contributed by atoms with E-state index >= 15 is 0 Å². The molecular formula is C12H9ClN4OS. The molecule has 3 aromatic heterocycles. The number of aromatic nitrogens is 3. The van der Waals surface area contributed by atoms with E-state index in [0.717, 1.165) is 10.6 Å². The van der Waals surface area contributed by atoms with Gasteiger partial charge in [0.1, 0.15) is 5.69 Å². The van der Waals surface area contributed by atoms with Crippen molar-refractivity contribution >= 4 is 34.7 Å². The van der Waals surface area contributed by atoms with Crippen LogP contribution in [0.4, 0.5) is 5.82 Å². The molecule has 0 atom stereocenters. The number of halogens is 1. The molecule has 0 aliphatic heterocycles. The number of aromatic amines is 2. The molecule has 0 aliphatic carbocycles. The third-order valence-corrected chi connectivity index (χ3v) is 3.62. The zero-order chi connectivity index (χ0) is 13.2. The van der Waals surface area contributed by atoms with E-state index in [1.807, 2.05) is 17.5 Å². The second-order valence-corrected chi connectivity index (χ2v) is 5.21. The van der Waals surface area contributed by atoms with Crippen LogP contribution in [0.15, 0.2) is 35.8 Å². The second kappa shape index (κ2) is 4.91. The van der Waals surface area contributed by atoms with Crippen LogP contribution in [-0.2, 0) is 0 Å². The minimum Gasteiger partial charge on any atom is -0.356 e. The van der Waals surface area contributed by atoms with Gasteiger partial charge in [0.25, 0.3) is 5.91 Å². The van der Waals surface area contributed by atoms with E-state index in [9.17, 15) is 4.79 Å². The first kappa shape index (κ1) is 12.0. The zero-order valence-corrected chi connectivity index (χ0v) is 11.2. The highest BCUT2D eigenvalue weighted by Gasteiger charge is 2.11. The van der Waals surface area contributed by atoms with Crippen LogP contribution in [0.3, 0.4) is 0 Å². The molecule has 1 amide bonds. The lowest BCUT2D eigenvalue weighted by Gasteiger charge is -1.97. The molecule has 0 unspecified atom stereocenters. The highest BCUT2D eigenvalue weighted by Crippen LogP contribution is 2.24. The van der Waals surface area contributed by atoms with Crippen LogP contribution in [-0.4, -0.2) is 21.1 Å². The van der Waals surface area contributed by atoms with Gasteiger partial charge in [-0.05, 0) is 17.5 Å². The first-order chi connectivity index (χ1) is 9.22. The lowest BCUT2D eigenvalue weighted by Crippen LogP contribution is -2.12. The molecule has 0 radical (unpaired) electrons. The van der Waals surface area contributed by atoms with Crippen molar-refractivity contribution in [2.24, 2.45) is 0 Å². The van der Waals surface area contributed by atoms with Gasteiger partial charge in [-0.3, -0.25) is 9.89 Å². The van der Waals surface area contributed by atoms with Gasteiger partial charge in [-0.25, -0.2) is 0 Å². The molecule has 0 aromatic carbocycles. The predicted molar refractivity (Wildman–Crippen MR) is 75.7 cm³/mol. The normalized spacial score (nSPS) is 10.6. The van der Waals surface area contributed by atoms with Gasteiger partial charge in [0.15, 0.2) is 5.82 Å². The van der Waals surface area contributed by atoms with E-state index in [4.69, 9.17) is 11.6 Å². The molecule has 0 spiro atoms.